The predicted molar refractivity (Wildman–Crippen MR) is 106 cm³/mol. The van der Waals surface area contributed by atoms with Gasteiger partial charge in [0.1, 0.15) is 17.0 Å². The lowest BCUT2D eigenvalue weighted by molar-refractivity contribution is 0.127. The number of alkyl halides is 2. The van der Waals surface area contributed by atoms with Gasteiger partial charge >= 0.3 is 5.69 Å². The zero-order chi connectivity index (χ0) is 21.5. The molecule has 0 saturated carbocycles. The average Bonchev–Trinajstić information content (AvgIpc) is 3.27. The fraction of sp³-hybridized carbons (Fsp3) is 0.150. The van der Waals surface area contributed by atoms with Crippen molar-refractivity contribution in [3.05, 3.63) is 70.7 Å². The molecule has 0 unspecified atom stereocenters. The molecule has 0 aliphatic heterocycles. The van der Waals surface area contributed by atoms with Gasteiger partial charge in [-0.25, -0.2) is 37.6 Å². The van der Waals surface area contributed by atoms with Gasteiger partial charge in [0.25, 0.3) is 6.43 Å². The quantitative estimate of drug-likeness (QED) is 0.467. The summed E-state index contributed by atoms with van der Waals surface area (Å²) in [5, 5.41) is 5.16. The lowest BCUT2D eigenvalue weighted by Gasteiger charge is -2.04. The van der Waals surface area contributed by atoms with E-state index in [1.54, 1.807) is 41.2 Å². The third kappa shape index (κ3) is 3.33. The first-order valence-electron chi connectivity index (χ1n) is 9.30. The number of rotatable bonds is 5. The van der Waals surface area contributed by atoms with Crippen LogP contribution in [0.1, 0.15) is 5.56 Å². The first-order valence-corrected chi connectivity index (χ1v) is 9.30. The summed E-state index contributed by atoms with van der Waals surface area (Å²) in [7, 11) is 0. The van der Waals surface area contributed by atoms with Crippen molar-refractivity contribution >= 4 is 22.2 Å². The Labute approximate surface area is 172 Å². The molecule has 5 aromatic rings. The highest BCUT2D eigenvalue weighted by molar-refractivity contribution is 5.90. The van der Waals surface area contributed by atoms with E-state index >= 15 is 0 Å². The molecular formula is C20H14F3N7O. The summed E-state index contributed by atoms with van der Waals surface area (Å²) in [5.74, 6) is -0.178. The Morgan fingerprint density at radius 1 is 1.10 bits per heavy atom. The first-order chi connectivity index (χ1) is 15.0. The number of pyridine rings is 1. The second-order valence-electron chi connectivity index (χ2n) is 6.83. The van der Waals surface area contributed by atoms with Crippen LogP contribution in [0.5, 0.6) is 0 Å². The molecule has 0 atom stereocenters. The molecule has 0 bridgehead atoms. The molecule has 156 valence electrons. The lowest BCUT2D eigenvalue weighted by atomic mass is 10.2. The van der Waals surface area contributed by atoms with E-state index < -0.39 is 18.7 Å². The zero-order valence-electron chi connectivity index (χ0n) is 15.8. The van der Waals surface area contributed by atoms with Crippen LogP contribution in [-0.2, 0) is 13.1 Å². The van der Waals surface area contributed by atoms with Crippen molar-refractivity contribution in [2.24, 2.45) is 0 Å². The van der Waals surface area contributed by atoms with E-state index in [0.29, 0.717) is 22.3 Å². The molecule has 1 N–H and O–H groups in total. The Kier molecular flexibility index (Phi) is 4.50. The second kappa shape index (κ2) is 7.35. The summed E-state index contributed by atoms with van der Waals surface area (Å²) in [5.41, 5.74) is 0.919. The lowest BCUT2D eigenvalue weighted by Crippen LogP contribution is -2.20. The van der Waals surface area contributed by atoms with E-state index in [2.05, 4.69) is 25.0 Å². The van der Waals surface area contributed by atoms with Crippen LogP contribution in [0.3, 0.4) is 0 Å². The molecule has 0 saturated heterocycles. The van der Waals surface area contributed by atoms with Gasteiger partial charge in [-0.05, 0) is 18.2 Å². The largest absolute Gasteiger partial charge is 0.327 e. The number of halogens is 3. The Balaban J connectivity index is 1.63. The Bertz CT molecular complexity index is 1470. The van der Waals surface area contributed by atoms with E-state index in [0.717, 1.165) is 4.57 Å². The van der Waals surface area contributed by atoms with Crippen molar-refractivity contribution in [3.8, 4) is 11.5 Å². The minimum Gasteiger partial charge on any atom is -0.290 e. The maximum absolute atomic E-state index is 14.1. The highest BCUT2D eigenvalue weighted by Gasteiger charge is 2.19. The second-order valence-corrected chi connectivity index (χ2v) is 6.83. The molecule has 4 heterocycles. The topological polar surface area (TPSA) is 94.3 Å². The zero-order valence-corrected chi connectivity index (χ0v) is 15.8. The summed E-state index contributed by atoms with van der Waals surface area (Å²) in [4.78, 5) is 27.4. The number of hydrogen-bond acceptors (Lipinski definition) is 5. The van der Waals surface area contributed by atoms with E-state index in [1.807, 2.05) is 0 Å². The maximum atomic E-state index is 14.1. The number of nitrogens with one attached hydrogen (secondary N) is 1. The number of hydrogen-bond donors (Lipinski definition) is 1. The summed E-state index contributed by atoms with van der Waals surface area (Å²) in [6.45, 7) is -0.615. The van der Waals surface area contributed by atoms with Crippen LogP contribution in [0.2, 0.25) is 0 Å². The molecule has 1 aromatic carbocycles. The molecule has 4 aromatic heterocycles. The minimum atomic E-state index is -2.69. The van der Waals surface area contributed by atoms with Gasteiger partial charge in [0.15, 0.2) is 17.1 Å². The molecular weight excluding hydrogens is 411 g/mol. The van der Waals surface area contributed by atoms with Crippen molar-refractivity contribution in [2.75, 3.05) is 0 Å². The van der Waals surface area contributed by atoms with Gasteiger partial charge < -0.3 is 0 Å². The summed E-state index contributed by atoms with van der Waals surface area (Å²) >= 11 is 0. The summed E-state index contributed by atoms with van der Waals surface area (Å²) in [6, 6.07) is 9.86. The van der Waals surface area contributed by atoms with Crippen LogP contribution >= 0.6 is 0 Å². The maximum Gasteiger partial charge on any atom is 0.327 e. The van der Waals surface area contributed by atoms with Crippen LogP contribution in [0.25, 0.3) is 33.7 Å². The number of nitrogens with zero attached hydrogens (tertiary/aromatic N) is 6. The Morgan fingerprint density at radius 2 is 1.94 bits per heavy atom. The predicted octanol–water partition coefficient (Wildman–Crippen LogP) is 2.98. The fourth-order valence-electron chi connectivity index (χ4n) is 3.45. The molecule has 0 amide bonds. The van der Waals surface area contributed by atoms with E-state index in [9.17, 15) is 18.0 Å². The molecule has 11 heteroatoms. The number of imidazole rings is 1. The van der Waals surface area contributed by atoms with E-state index in [-0.39, 0.29) is 29.4 Å². The number of benzene rings is 1. The molecule has 0 spiro atoms. The number of H-pyrrole nitrogens is 1. The van der Waals surface area contributed by atoms with E-state index in [1.165, 1.54) is 12.3 Å². The van der Waals surface area contributed by atoms with Crippen LogP contribution in [0, 0.1) is 5.82 Å². The molecule has 0 fully saturated rings. The van der Waals surface area contributed by atoms with Crippen molar-refractivity contribution in [1.29, 1.82) is 0 Å². The standard InChI is InChI=1S/C20H14F3N7O/c21-13-6-2-1-4-11(13)9-30-19-12(5-3-7-24-19)16(28-30)18-25-8-14-17(26-18)27-20(31)29(14)10-15(22)23/h1-8,15H,9-10H2,(H,25,26,27,31). The molecule has 5 rings (SSSR count). The molecule has 31 heavy (non-hydrogen) atoms. The summed E-state index contributed by atoms with van der Waals surface area (Å²) in [6.07, 6.45) is 0.202. The average molecular weight is 425 g/mol. The van der Waals surface area contributed by atoms with Gasteiger partial charge in [0, 0.05) is 11.8 Å². The van der Waals surface area contributed by atoms with Gasteiger partial charge in [-0.2, -0.15) is 5.10 Å². The van der Waals surface area contributed by atoms with Crippen molar-refractivity contribution in [3.63, 3.8) is 0 Å². The number of fused-ring (bicyclic) bond motifs is 2. The fourth-order valence-corrected chi connectivity index (χ4v) is 3.45. The van der Waals surface area contributed by atoms with Crippen LogP contribution in [0.4, 0.5) is 13.2 Å². The van der Waals surface area contributed by atoms with Gasteiger partial charge in [0.2, 0.25) is 0 Å². The molecule has 0 radical (unpaired) electrons. The van der Waals surface area contributed by atoms with Crippen molar-refractivity contribution in [1.82, 2.24) is 34.3 Å². The first kappa shape index (κ1) is 19.0. The highest BCUT2D eigenvalue weighted by atomic mass is 19.3. The number of aromatic nitrogens is 7. The Morgan fingerprint density at radius 3 is 2.74 bits per heavy atom. The summed E-state index contributed by atoms with van der Waals surface area (Å²) < 4.78 is 42.1. The van der Waals surface area contributed by atoms with E-state index in [4.69, 9.17) is 0 Å². The van der Waals surface area contributed by atoms with Crippen LogP contribution in [-0.4, -0.2) is 40.7 Å². The minimum absolute atomic E-state index is 0.122. The molecule has 0 aliphatic rings. The molecule has 8 nitrogen and oxygen atoms in total. The monoisotopic (exact) mass is 425 g/mol. The van der Waals surface area contributed by atoms with Crippen molar-refractivity contribution < 1.29 is 13.2 Å². The van der Waals surface area contributed by atoms with Gasteiger partial charge in [-0.3, -0.25) is 9.55 Å². The number of aromatic amines is 1. The molecule has 0 aliphatic carbocycles. The van der Waals surface area contributed by atoms with Gasteiger partial charge in [-0.15, -0.1) is 0 Å². The SMILES string of the molecule is O=c1[nH]c2nc(-c3nn(Cc4ccccc4F)c4ncccc34)ncc2n1CC(F)F. The van der Waals surface area contributed by atoms with Gasteiger partial charge in [-0.1, -0.05) is 18.2 Å². The third-order valence-corrected chi connectivity index (χ3v) is 4.85. The van der Waals surface area contributed by atoms with Crippen LogP contribution < -0.4 is 5.69 Å². The van der Waals surface area contributed by atoms with Crippen molar-refractivity contribution in [2.45, 2.75) is 19.5 Å². The highest BCUT2D eigenvalue weighted by Crippen LogP contribution is 2.26. The normalized spacial score (nSPS) is 11.7. The van der Waals surface area contributed by atoms with Crippen LogP contribution in [0.15, 0.2) is 53.6 Å². The third-order valence-electron chi connectivity index (χ3n) is 4.85. The van der Waals surface area contributed by atoms with Gasteiger partial charge in [0.05, 0.1) is 24.7 Å². The Hall–Kier alpha value is -4.02. The smallest absolute Gasteiger partial charge is 0.290 e.